The van der Waals surface area contributed by atoms with E-state index in [9.17, 15) is 9.59 Å². The molecule has 2 amide bonds. The van der Waals surface area contributed by atoms with Gasteiger partial charge in [-0.25, -0.2) is 4.98 Å². The van der Waals surface area contributed by atoms with Gasteiger partial charge in [0.25, 0.3) is 5.91 Å². The first-order valence-corrected chi connectivity index (χ1v) is 8.18. The van der Waals surface area contributed by atoms with Crippen molar-refractivity contribution in [3.8, 4) is 0 Å². The molecule has 6 nitrogen and oxygen atoms in total. The largest absolute Gasteiger partial charge is 0.352 e. The van der Waals surface area contributed by atoms with E-state index in [4.69, 9.17) is 11.6 Å². The van der Waals surface area contributed by atoms with Gasteiger partial charge in [0.1, 0.15) is 5.65 Å². The molecule has 25 heavy (non-hydrogen) atoms. The molecule has 0 spiro atoms. The molecule has 0 radical (unpaired) electrons. The average Bonchev–Trinajstić information content (AvgIpc) is 2.96. The summed E-state index contributed by atoms with van der Waals surface area (Å²) in [5.74, 6) is -0.372. The van der Waals surface area contributed by atoms with Crippen molar-refractivity contribution >= 4 is 34.7 Å². The summed E-state index contributed by atoms with van der Waals surface area (Å²) in [6.45, 7) is 1.88. The van der Waals surface area contributed by atoms with Crippen LogP contribution in [0.3, 0.4) is 0 Å². The topological polar surface area (TPSA) is 75.5 Å². The smallest absolute Gasteiger partial charge is 0.251 e. The fourth-order valence-corrected chi connectivity index (χ4v) is 2.65. The predicted molar refractivity (Wildman–Crippen MR) is 97.0 cm³/mol. The van der Waals surface area contributed by atoms with Crippen LogP contribution < -0.4 is 10.6 Å². The molecule has 0 saturated heterocycles. The molecule has 0 fully saturated rings. The average molecular weight is 357 g/mol. The molecule has 3 rings (SSSR count). The number of pyridine rings is 1. The Bertz CT molecular complexity index is 936. The molecule has 0 bridgehead atoms. The molecule has 0 unspecified atom stereocenters. The van der Waals surface area contributed by atoms with Crippen LogP contribution in [0.25, 0.3) is 5.65 Å². The van der Waals surface area contributed by atoms with Gasteiger partial charge >= 0.3 is 0 Å². The van der Waals surface area contributed by atoms with Crippen molar-refractivity contribution in [3.63, 3.8) is 0 Å². The Hall–Kier alpha value is -2.86. The fourth-order valence-electron chi connectivity index (χ4n) is 2.49. The van der Waals surface area contributed by atoms with Gasteiger partial charge in [0.15, 0.2) is 0 Å². The van der Waals surface area contributed by atoms with Gasteiger partial charge in [-0.05, 0) is 30.3 Å². The molecular formula is C18H17ClN4O2. The van der Waals surface area contributed by atoms with E-state index in [0.29, 0.717) is 29.2 Å². The van der Waals surface area contributed by atoms with Crippen LogP contribution in [0, 0.1) is 0 Å². The SMILES string of the molecule is CC(=O)Nc1cccc(C(=O)NCCc2cn3cc(Cl)ccc3n2)c1. The maximum Gasteiger partial charge on any atom is 0.251 e. The van der Waals surface area contributed by atoms with Gasteiger partial charge < -0.3 is 15.0 Å². The number of nitrogens with zero attached hydrogens (tertiary/aromatic N) is 2. The number of rotatable bonds is 5. The predicted octanol–water partition coefficient (Wildman–Crippen LogP) is 2.92. The maximum absolute atomic E-state index is 12.2. The molecule has 2 aromatic heterocycles. The van der Waals surface area contributed by atoms with Crippen LogP contribution >= 0.6 is 11.6 Å². The Morgan fingerprint density at radius 1 is 1.20 bits per heavy atom. The summed E-state index contributed by atoms with van der Waals surface area (Å²) < 4.78 is 1.86. The Morgan fingerprint density at radius 2 is 2.04 bits per heavy atom. The molecule has 7 heteroatoms. The second-order valence-electron chi connectivity index (χ2n) is 5.61. The highest BCUT2D eigenvalue weighted by Crippen LogP contribution is 2.12. The third-order valence-corrected chi connectivity index (χ3v) is 3.80. The van der Waals surface area contributed by atoms with Gasteiger partial charge in [0.05, 0.1) is 10.7 Å². The Labute approximate surface area is 149 Å². The minimum absolute atomic E-state index is 0.176. The number of carbonyl (C=O) groups excluding carboxylic acids is 2. The number of amides is 2. The number of nitrogens with one attached hydrogen (secondary N) is 2. The fraction of sp³-hybridized carbons (Fsp3) is 0.167. The summed E-state index contributed by atoms with van der Waals surface area (Å²) in [6, 6.07) is 10.4. The van der Waals surface area contributed by atoms with E-state index in [0.717, 1.165) is 11.3 Å². The van der Waals surface area contributed by atoms with Crippen LogP contribution in [-0.4, -0.2) is 27.7 Å². The molecule has 0 saturated carbocycles. The summed E-state index contributed by atoms with van der Waals surface area (Å²) in [5.41, 5.74) is 2.77. The van der Waals surface area contributed by atoms with E-state index in [1.54, 1.807) is 36.5 Å². The van der Waals surface area contributed by atoms with Crippen molar-refractivity contribution in [1.29, 1.82) is 0 Å². The quantitative estimate of drug-likeness (QED) is 0.738. The third kappa shape index (κ3) is 4.36. The zero-order chi connectivity index (χ0) is 17.8. The van der Waals surface area contributed by atoms with Crippen molar-refractivity contribution in [2.75, 3.05) is 11.9 Å². The number of halogens is 1. The lowest BCUT2D eigenvalue weighted by Gasteiger charge is -2.06. The van der Waals surface area contributed by atoms with Crippen LogP contribution in [0.5, 0.6) is 0 Å². The number of hydrogen-bond acceptors (Lipinski definition) is 3. The molecule has 1 aromatic carbocycles. The number of hydrogen-bond donors (Lipinski definition) is 2. The van der Waals surface area contributed by atoms with Crippen molar-refractivity contribution in [1.82, 2.24) is 14.7 Å². The molecule has 0 aliphatic heterocycles. The number of fused-ring (bicyclic) bond motifs is 1. The van der Waals surface area contributed by atoms with Crippen LogP contribution in [0.1, 0.15) is 23.0 Å². The Kier molecular flexibility index (Phi) is 5.00. The molecule has 0 atom stereocenters. The lowest BCUT2D eigenvalue weighted by molar-refractivity contribution is -0.114. The third-order valence-electron chi connectivity index (χ3n) is 3.58. The number of imidazole rings is 1. The van der Waals surface area contributed by atoms with E-state index >= 15 is 0 Å². The van der Waals surface area contributed by atoms with Gasteiger partial charge in [-0.1, -0.05) is 17.7 Å². The summed E-state index contributed by atoms with van der Waals surface area (Å²) >= 11 is 5.95. The standard InChI is InChI=1S/C18H17ClN4O2/c1-12(24)21-15-4-2-3-13(9-15)18(25)20-8-7-16-11-23-10-14(19)5-6-17(23)22-16/h2-6,9-11H,7-8H2,1H3,(H,20,25)(H,21,24). The maximum atomic E-state index is 12.2. The minimum Gasteiger partial charge on any atom is -0.352 e. The van der Waals surface area contributed by atoms with Crippen molar-refractivity contribution in [2.24, 2.45) is 0 Å². The van der Waals surface area contributed by atoms with Crippen LogP contribution in [0.4, 0.5) is 5.69 Å². The Balaban J connectivity index is 1.59. The van der Waals surface area contributed by atoms with E-state index in [-0.39, 0.29) is 11.8 Å². The highest BCUT2D eigenvalue weighted by Gasteiger charge is 2.08. The van der Waals surface area contributed by atoms with Gasteiger partial charge in [-0.15, -0.1) is 0 Å². The van der Waals surface area contributed by atoms with Crippen LogP contribution in [0.2, 0.25) is 5.02 Å². The first-order valence-electron chi connectivity index (χ1n) is 7.80. The summed E-state index contributed by atoms with van der Waals surface area (Å²) in [6.07, 6.45) is 4.29. The van der Waals surface area contributed by atoms with Crippen LogP contribution in [-0.2, 0) is 11.2 Å². The number of benzene rings is 1. The molecule has 2 N–H and O–H groups in total. The van der Waals surface area contributed by atoms with E-state index in [1.807, 2.05) is 16.7 Å². The Morgan fingerprint density at radius 3 is 2.84 bits per heavy atom. The van der Waals surface area contributed by atoms with Crippen LogP contribution in [0.15, 0.2) is 48.8 Å². The van der Waals surface area contributed by atoms with Gasteiger partial charge in [-0.2, -0.15) is 0 Å². The van der Waals surface area contributed by atoms with Gasteiger partial charge in [0.2, 0.25) is 5.91 Å². The van der Waals surface area contributed by atoms with E-state index < -0.39 is 0 Å². The zero-order valence-electron chi connectivity index (χ0n) is 13.6. The second-order valence-corrected chi connectivity index (χ2v) is 6.05. The summed E-state index contributed by atoms with van der Waals surface area (Å²) in [7, 11) is 0. The van der Waals surface area contributed by atoms with Crippen molar-refractivity contribution < 1.29 is 9.59 Å². The normalized spacial score (nSPS) is 10.6. The van der Waals surface area contributed by atoms with Gasteiger partial charge in [-0.3, -0.25) is 9.59 Å². The lowest BCUT2D eigenvalue weighted by atomic mass is 10.2. The van der Waals surface area contributed by atoms with E-state index in [1.165, 1.54) is 6.92 Å². The number of anilines is 1. The second kappa shape index (κ2) is 7.36. The summed E-state index contributed by atoms with van der Waals surface area (Å²) in [5, 5.41) is 6.16. The first kappa shape index (κ1) is 17.0. The number of carbonyl (C=O) groups is 2. The monoisotopic (exact) mass is 356 g/mol. The molecule has 0 aliphatic rings. The number of aromatic nitrogens is 2. The molecule has 2 heterocycles. The molecular weight excluding hydrogens is 340 g/mol. The molecule has 3 aromatic rings. The van der Waals surface area contributed by atoms with Gasteiger partial charge in [0, 0.05) is 43.5 Å². The van der Waals surface area contributed by atoms with E-state index in [2.05, 4.69) is 15.6 Å². The lowest BCUT2D eigenvalue weighted by Crippen LogP contribution is -2.25. The first-order chi connectivity index (χ1) is 12.0. The molecule has 0 aliphatic carbocycles. The zero-order valence-corrected chi connectivity index (χ0v) is 14.4. The minimum atomic E-state index is -0.195. The highest BCUT2D eigenvalue weighted by molar-refractivity contribution is 6.30. The summed E-state index contributed by atoms with van der Waals surface area (Å²) in [4.78, 5) is 27.8. The van der Waals surface area contributed by atoms with Crippen molar-refractivity contribution in [2.45, 2.75) is 13.3 Å². The molecule has 128 valence electrons. The van der Waals surface area contributed by atoms with Crippen molar-refractivity contribution in [3.05, 3.63) is 65.1 Å². The highest BCUT2D eigenvalue weighted by atomic mass is 35.5.